The van der Waals surface area contributed by atoms with Crippen LogP contribution in [0.2, 0.25) is 0 Å². The average Bonchev–Trinajstić information content (AvgIpc) is 3.28. The molecule has 6 nitrogen and oxygen atoms in total. The molecule has 116 valence electrons. The molecule has 2 heterocycles. The maximum Gasteiger partial charge on any atom is 0.276 e. The summed E-state index contributed by atoms with van der Waals surface area (Å²) in [5.74, 6) is 1.29. The first kappa shape index (κ1) is 14.5. The third-order valence-electron chi connectivity index (χ3n) is 4.43. The Morgan fingerprint density at radius 2 is 2.24 bits per heavy atom. The second-order valence-corrected chi connectivity index (χ2v) is 6.10. The molecule has 0 radical (unpaired) electrons. The van der Waals surface area contributed by atoms with Crippen molar-refractivity contribution >= 4 is 5.91 Å². The van der Waals surface area contributed by atoms with Gasteiger partial charge in [-0.15, -0.1) is 0 Å². The van der Waals surface area contributed by atoms with Crippen LogP contribution in [-0.2, 0) is 0 Å². The number of aromatic nitrogens is 1. The second kappa shape index (κ2) is 6.15. The van der Waals surface area contributed by atoms with Crippen molar-refractivity contribution < 1.29 is 14.4 Å². The summed E-state index contributed by atoms with van der Waals surface area (Å²) in [6.07, 6.45) is 3.20. The monoisotopic (exact) mass is 293 g/mol. The van der Waals surface area contributed by atoms with Gasteiger partial charge >= 0.3 is 0 Å². The highest BCUT2D eigenvalue weighted by Crippen LogP contribution is 2.40. The van der Waals surface area contributed by atoms with Crippen LogP contribution in [0.1, 0.15) is 48.4 Å². The van der Waals surface area contributed by atoms with Crippen molar-refractivity contribution in [3.8, 4) is 0 Å². The molecule has 2 aliphatic rings. The van der Waals surface area contributed by atoms with Gasteiger partial charge in [-0.3, -0.25) is 9.69 Å². The Morgan fingerprint density at radius 3 is 2.95 bits per heavy atom. The topological polar surface area (TPSA) is 69.8 Å². The third kappa shape index (κ3) is 3.27. The minimum absolute atomic E-state index is 0.0378. The van der Waals surface area contributed by atoms with Gasteiger partial charge in [0, 0.05) is 44.2 Å². The number of carbonyl (C=O) groups excluding carboxylic acids is 1. The number of aliphatic hydroxyl groups excluding tert-OH is 1. The normalized spacial score (nSPS) is 22.1. The van der Waals surface area contributed by atoms with Crippen LogP contribution in [0, 0.1) is 0 Å². The molecule has 6 heteroatoms. The summed E-state index contributed by atoms with van der Waals surface area (Å²) in [4.78, 5) is 16.6. The average molecular weight is 293 g/mol. The Kier molecular flexibility index (Phi) is 4.26. The van der Waals surface area contributed by atoms with Crippen molar-refractivity contribution in [2.45, 2.75) is 38.1 Å². The van der Waals surface area contributed by atoms with Gasteiger partial charge in [0.1, 0.15) is 5.76 Å². The molecule has 1 saturated heterocycles. The molecule has 1 N–H and O–H groups in total. The summed E-state index contributed by atoms with van der Waals surface area (Å²) in [5, 5.41) is 13.2. The zero-order valence-corrected chi connectivity index (χ0v) is 12.5. The van der Waals surface area contributed by atoms with E-state index in [0.29, 0.717) is 18.2 Å². The molecule has 1 saturated carbocycles. The largest absolute Gasteiger partial charge is 0.395 e. The summed E-state index contributed by atoms with van der Waals surface area (Å²) in [7, 11) is 0. The van der Waals surface area contributed by atoms with Gasteiger partial charge in [-0.25, -0.2) is 0 Å². The predicted molar refractivity (Wildman–Crippen MR) is 77.1 cm³/mol. The van der Waals surface area contributed by atoms with Gasteiger partial charge < -0.3 is 14.5 Å². The summed E-state index contributed by atoms with van der Waals surface area (Å²) < 4.78 is 5.27. The van der Waals surface area contributed by atoms with Crippen molar-refractivity contribution in [2.24, 2.45) is 0 Å². The van der Waals surface area contributed by atoms with E-state index in [1.165, 1.54) is 0 Å². The Bertz CT molecular complexity index is 498. The van der Waals surface area contributed by atoms with E-state index in [1.807, 2.05) is 11.8 Å². The quantitative estimate of drug-likeness (QED) is 0.899. The first-order valence-electron chi connectivity index (χ1n) is 7.80. The molecule has 2 fully saturated rings. The van der Waals surface area contributed by atoms with Crippen molar-refractivity contribution in [3.63, 3.8) is 0 Å². The zero-order valence-electron chi connectivity index (χ0n) is 12.5. The number of aliphatic hydroxyl groups is 1. The summed E-state index contributed by atoms with van der Waals surface area (Å²) in [6.45, 7) is 5.28. The van der Waals surface area contributed by atoms with Crippen molar-refractivity contribution in [2.75, 3.05) is 32.8 Å². The molecule has 1 aliphatic heterocycles. The SMILES string of the molecule is C[C@@H](CO)N1CCCN(C(=O)c2cc(C3CC3)on2)CC1. The van der Waals surface area contributed by atoms with Crippen LogP contribution in [0.25, 0.3) is 0 Å². The first-order chi connectivity index (χ1) is 10.2. The lowest BCUT2D eigenvalue weighted by molar-refractivity contribution is 0.0743. The molecular weight excluding hydrogens is 270 g/mol. The predicted octanol–water partition coefficient (Wildman–Crippen LogP) is 1.08. The van der Waals surface area contributed by atoms with Gasteiger partial charge in [0.15, 0.2) is 5.69 Å². The molecular formula is C15H23N3O3. The molecule has 1 amide bonds. The number of rotatable bonds is 4. The lowest BCUT2D eigenvalue weighted by Crippen LogP contribution is -2.39. The van der Waals surface area contributed by atoms with Crippen LogP contribution >= 0.6 is 0 Å². The van der Waals surface area contributed by atoms with Crippen LogP contribution in [-0.4, -0.2) is 64.8 Å². The van der Waals surface area contributed by atoms with Gasteiger partial charge in [0.2, 0.25) is 0 Å². The van der Waals surface area contributed by atoms with E-state index in [1.54, 1.807) is 6.07 Å². The standard InChI is InChI=1S/C15H23N3O3/c1-11(10-19)17-5-2-6-18(8-7-17)15(20)13-9-14(21-16-13)12-3-4-12/h9,11-12,19H,2-8,10H2,1H3/t11-/m0/s1. The summed E-state index contributed by atoms with van der Waals surface area (Å²) in [5.41, 5.74) is 0.431. The fraction of sp³-hybridized carbons (Fsp3) is 0.733. The minimum Gasteiger partial charge on any atom is -0.395 e. The van der Waals surface area contributed by atoms with Crippen LogP contribution in [0.3, 0.4) is 0 Å². The third-order valence-corrected chi connectivity index (χ3v) is 4.43. The highest BCUT2D eigenvalue weighted by molar-refractivity contribution is 5.92. The number of hydrogen-bond acceptors (Lipinski definition) is 5. The van der Waals surface area contributed by atoms with E-state index < -0.39 is 0 Å². The molecule has 21 heavy (non-hydrogen) atoms. The lowest BCUT2D eigenvalue weighted by atomic mass is 10.2. The molecule has 0 bridgehead atoms. The highest BCUT2D eigenvalue weighted by Gasteiger charge is 2.30. The molecule has 1 atom stereocenters. The van der Waals surface area contributed by atoms with E-state index in [2.05, 4.69) is 10.1 Å². The van der Waals surface area contributed by atoms with Crippen LogP contribution in [0.4, 0.5) is 0 Å². The second-order valence-electron chi connectivity index (χ2n) is 6.10. The summed E-state index contributed by atoms with van der Waals surface area (Å²) in [6, 6.07) is 1.95. The Labute approximate surface area is 124 Å². The molecule has 0 aromatic carbocycles. The van der Waals surface area contributed by atoms with E-state index in [9.17, 15) is 9.90 Å². The molecule has 1 aromatic heterocycles. The van der Waals surface area contributed by atoms with Crippen LogP contribution in [0.15, 0.2) is 10.6 Å². The van der Waals surface area contributed by atoms with E-state index in [-0.39, 0.29) is 18.6 Å². The van der Waals surface area contributed by atoms with E-state index in [4.69, 9.17) is 4.52 Å². The minimum atomic E-state index is -0.0378. The molecule has 1 aliphatic carbocycles. The summed E-state index contributed by atoms with van der Waals surface area (Å²) >= 11 is 0. The van der Waals surface area contributed by atoms with Crippen LogP contribution in [0.5, 0.6) is 0 Å². The number of amides is 1. The van der Waals surface area contributed by atoms with Gasteiger partial charge in [-0.2, -0.15) is 0 Å². The van der Waals surface area contributed by atoms with Gasteiger partial charge in [0.05, 0.1) is 6.61 Å². The highest BCUT2D eigenvalue weighted by atomic mass is 16.5. The Morgan fingerprint density at radius 1 is 1.43 bits per heavy atom. The first-order valence-corrected chi connectivity index (χ1v) is 7.80. The molecule has 3 rings (SSSR count). The lowest BCUT2D eigenvalue weighted by Gasteiger charge is -2.26. The molecule has 0 unspecified atom stereocenters. The van der Waals surface area contributed by atoms with Crippen molar-refractivity contribution in [3.05, 3.63) is 17.5 Å². The fourth-order valence-corrected chi connectivity index (χ4v) is 2.81. The van der Waals surface area contributed by atoms with Gasteiger partial charge in [0.25, 0.3) is 5.91 Å². The zero-order chi connectivity index (χ0) is 14.8. The van der Waals surface area contributed by atoms with Gasteiger partial charge in [-0.1, -0.05) is 5.16 Å². The maximum atomic E-state index is 12.5. The van der Waals surface area contributed by atoms with E-state index in [0.717, 1.165) is 44.7 Å². The Balaban J connectivity index is 1.61. The number of carbonyl (C=O) groups is 1. The van der Waals surface area contributed by atoms with Crippen molar-refractivity contribution in [1.82, 2.24) is 15.0 Å². The van der Waals surface area contributed by atoms with Crippen molar-refractivity contribution in [1.29, 1.82) is 0 Å². The number of nitrogens with zero attached hydrogens (tertiary/aromatic N) is 3. The van der Waals surface area contributed by atoms with E-state index >= 15 is 0 Å². The number of hydrogen-bond donors (Lipinski definition) is 1. The molecule has 0 spiro atoms. The smallest absolute Gasteiger partial charge is 0.276 e. The maximum absolute atomic E-state index is 12.5. The fourth-order valence-electron chi connectivity index (χ4n) is 2.81. The molecule has 1 aromatic rings. The van der Waals surface area contributed by atoms with Crippen LogP contribution < -0.4 is 0 Å². The Hall–Kier alpha value is -1.40. The van der Waals surface area contributed by atoms with Gasteiger partial charge in [-0.05, 0) is 26.2 Å².